The van der Waals surface area contributed by atoms with E-state index in [1.165, 1.54) is 43.1 Å². The van der Waals surface area contributed by atoms with Crippen molar-refractivity contribution in [1.29, 1.82) is 0 Å². The van der Waals surface area contributed by atoms with Crippen LogP contribution in [0.4, 0.5) is 18.0 Å². The maximum absolute atomic E-state index is 12.4. The van der Waals surface area contributed by atoms with Crippen molar-refractivity contribution in [1.82, 2.24) is 15.0 Å². The first-order chi connectivity index (χ1) is 17.0. The summed E-state index contributed by atoms with van der Waals surface area (Å²) in [5.74, 6) is -0.772. The van der Waals surface area contributed by atoms with E-state index in [0.717, 1.165) is 57.9 Å². The maximum atomic E-state index is 12.4. The van der Waals surface area contributed by atoms with Crippen molar-refractivity contribution in [3.05, 3.63) is 36.3 Å². The number of hydrogen-bond acceptors (Lipinski definition) is 4. The third kappa shape index (κ3) is 5.95. The van der Waals surface area contributed by atoms with Crippen molar-refractivity contribution >= 4 is 18.1 Å². The highest BCUT2D eigenvalue weighted by molar-refractivity contribution is 5.87. The molecule has 2 aliphatic heterocycles. The Hall–Kier alpha value is -2.78. The minimum absolute atomic E-state index is 0.0193. The summed E-state index contributed by atoms with van der Waals surface area (Å²) >= 11 is 0. The van der Waals surface area contributed by atoms with Crippen molar-refractivity contribution in [3.8, 4) is 0 Å². The van der Waals surface area contributed by atoms with Crippen LogP contribution in [0, 0.1) is 16.7 Å². The molecular formula is C26H34F3N3O4. The number of hydrogen-bond donors (Lipinski definition) is 1. The molecule has 7 nitrogen and oxygen atoms in total. The molecule has 36 heavy (non-hydrogen) atoms. The van der Waals surface area contributed by atoms with Gasteiger partial charge in [-0.15, -0.1) is 0 Å². The number of aromatic nitrogens is 1. The van der Waals surface area contributed by atoms with E-state index in [9.17, 15) is 22.8 Å². The van der Waals surface area contributed by atoms with Crippen LogP contribution in [0.3, 0.4) is 0 Å². The van der Waals surface area contributed by atoms with Crippen molar-refractivity contribution in [2.45, 2.75) is 64.0 Å². The average molecular weight is 510 g/mol. The van der Waals surface area contributed by atoms with Crippen LogP contribution in [0.1, 0.15) is 69.2 Å². The van der Waals surface area contributed by atoms with Crippen LogP contribution in [0.5, 0.6) is 0 Å². The molecule has 2 amide bonds. The number of carboxylic acid groups (broad SMARTS) is 1. The monoisotopic (exact) mass is 509 g/mol. The Bertz CT molecular complexity index is 973. The van der Waals surface area contributed by atoms with Gasteiger partial charge in [0.15, 0.2) is 0 Å². The molecule has 0 atom stereocenters. The molecular weight excluding hydrogens is 475 g/mol. The second-order valence-corrected chi connectivity index (χ2v) is 10.9. The number of halogens is 3. The van der Waals surface area contributed by atoms with Gasteiger partial charge in [0.05, 0.1) is 0 Å². The van der Waals surface area contributed by atoms with E-state index in [2.05, 4.69) is 16.3 Å². The van der Waals surface area contributed by atoms with Crippen LogP contribution in [-0.4, -0.2) is 58.2 Å². The first-order valence-electron chi connectivity index (χ1n) is 12.6. The molecule has 4 fully saturated rings. The summed E-state index contributed by atoms with van der Waals surface area (Å²) in [7, 11) is 0. The van der Waals surface area contributed by atoms with Crippen LogP contribution in [-0.2, 0) is 11.0 Å². The zero-order chi connectivity index (χ0) is 26.0. The van der Waals surface area contributed by atoms with Gasteiger partial charge in [0.2, 0.25) is 11.7 Å². The SMILES string of the molecule is C=CC(=O)N1CC2(CCC(/C=C/c3cc(C(F)(F)F)on3)CC2)C1.O=C(O)N1CC2(CCCCC2)C1. The number of amides is 2. The summed E-state index contributed by atoms with van der Waals surface area (Å²) in [4.78, 5) is 25.4. The van der Waals surface area contributed by atoms with E-state index in [4.69, 9.17) is 5.11 Å². The van der Waals surface area contributed by atoms with Gasteiger partial charge in [0, 0.05) is 43.1 Å². The zero-order valence-corrected chi connectivity index (χ0v) is 20.4. The van der Waals surface area contributed by atoms with Crippen LogP contribution >= 0.6 is 0 Å². The highest BCUT2D eigenvalue weighted by Gasteiger charge is 2.46. The van der Waals surface area contributed by atoms with Crippen molar-refractivity contribution in [2.75, 3.05) is 26.2 Å². The predicted molar refractivity (Wildman–Crippen MR) is 127 cm³/mol. The zero-order valence-electron chi connectivity index (χ0n) is 20.4. The number of nitrogens with zero attached hydrogens (tertiary/aromatic N) is 3. The van der Waals surface area contributed by atoms with Crippen LogP contribution in [0.15, 0.2) is 29.3 Å². The summed E-state index contributed by atoms with van der Waals surface area (Å²) in [5, 5.41) is 12.1. The Morgan fingerprint density at radius 2 is 1.61 bits per heavy atom. The lowest BCUT2D eigenvalue weighted by molar-refractivity contribution is -0.155. The molecule has 4 aliphatic rings. The Kier molecular flexibility index (Phi) is 7.52. The van der Waals surface area contributed by atoms with Crippen LogP contribution in [0.2, 0.25) is 0 Å². The predicted octanol–water partition coefficient (Wildman–Crippen LogP) is 5.84. The van der Waals surface area contributed by atoms with Gasteiger partial charge in [-0.2, -0.15) is 13.2 Å². The molecule has 2 aliphatic carbocycles. The molecule has 0 unspecified atom stereocenters. The highest BCUT2D eigenvalue weighted by atomic mass is 19.4. The van der Waals surface area contributed by atoms with E-state index < -0.39 is 18.0 Å². The Labute approximate surface area is 209 Å². The van der Waals surface area contributed by atoms with Gasteiger partial charge >= 0.3 is 12.3 Å². The van der Waals surface area contributed by atoms with Gasteiger partial charge in [-0.1, -0.05) is 37.1 Å². The molecule has 198 valence electrons. The summed E-state index contributed by atoms with van der Waals surface area (Å²) in [5.41, 5.74) is 0.811. The van der Waals surface area contributed by atoms with Gasteiger partial charge in [-0.05, 0) is 56.6 Å². The van der Waals surface area contributed by atoms with Crippen LogP contribution < -0.4 is 0 Å². The minimum Gasteiger partial charge on any atom is -0.465 e. The van der Waals surface area contributed by atoms with E-state index in [1.54, 1.807) is 11.0 Å². The van der Waals surface area contributed by atoms with Gasteiger partial charge in [-0.25, -0.2) is 4.79 Å². The van der Waals surface area contributed by atoms with Gasteiger partial charge in [0.1, 0.15) is 5.69 Å². The number of likely N-dealkylation sites (tertiary alicyclic amines) is 2. The first kappa shape index (κ1) is 26.3. The standard InChI is InChI=1S/C17H19F3N2O2.C9H15NO2/c1-2-15(23)22-10-16(11-22)7-5-12(6-8-16)3-4-13-9-14(24-21-13)17(18,19)20;11-8(12)10-6-9(7-10)4-2-1-3-5-9/h2-4,9,12H,1,5-8,10-11H2;1-7H2,(H,11,12)/b4-3+;. The number of carbonyl (C=O) groups excluding carboxylic acids is 1. The van der Waals surface area contributed by atoms with E-state index >= 15 is 0 Å². The van der Waals surface area contributed by atoms with Gasteiger partial charge in [0.25, 0.3) is 0 Å². The first-order valence-corrected chi connectivity index (χ1v) is 12.6. The van der Waals surface area contributed by atoms with Crippen molar-refractivity contribution < 1.29 is 32.4 Å². The summed E-state index contributed by atoms with van der Waals surface area (Å²) in [6.07, 6.45) is 10.0. The number of carbonyl (C=O) groups is 2. The highest BCUT2D eigenvalue weighted by Crippen LogP contribution is 2.46. The maximum Gasteiger partial charge on any atom is 0.452 e. The molecule has 2 spiro atoms. The topological polar surface area (TPSA) is 86.9 Å². The normalized spacial score (nSPS) is 23.1. The third-order valence-corrected chi connectivity index (χ3v) is 8.21. The van der Waals surface area contributed by atoms with Crippen LogP contribution in [0.25, 0.3) is 6.08 Å². The fourth-order valence-electron chi connectivity index (χ4n) is 6.06. The van der Waals surface area contributed by atoms with Gasteiger partial charge in [-0.3, -0.25) is 4.79 Å². The molecule has 1 aromatic rings. The number of allylic oxidation sites excluding steroid dienone is 1. The molecule has 3 heterocycles. The van der Waals surface area contributed by atoms with Gasteiger partial charge < -0.3 is 19.4 Å². The van der Waals surface area contributed by atoms with E-state index in [0.29, 0.717) is 11.3 Å². The van der Waals surface area contributed by atoms with E-state index in [-0.39, 0.29) is 17.0 Å². The molecule has 5 rings (SSSR count). The molecule has 2 saturated carbocycles. The molecule has 10 heteroatoms. The molecule has 1 N–H and O–H groups in total. The second kappa shape index (κ2) is 10.3. The van der Waals surface area contributed by atoms with Crippen molar-refractivity contribution in [2.24, 2.45) is 16.7 Å². The minimum atomic E-state index is -4.50. The lowest BCUT2D eigenvalue weighted by Gasteiger charge is -2.53. The lowest BCUT2D eigenvalue weighted by Crippen LogP contribution is -2.59. The number of alkyl halides is 3. The fraction of sp³-hybridized carbons (Fsp3) is 0.654. The average Bonchev–Trinajstić information content (AvgIpc) is 3.30. The third-order valence-electron chi connectivity index (χ3n) is 8.21. The summed E-state index contributed by atoms with van der Waals surface area (Å²) in [6.45, 7) is 6.65. The quantitative estimate of drug-likeness (QED) is 0.517. The molecule has 0 radical (unpaired) electrons. The summed E-state index contributed by atoms with van der Waals surface area (Å²) in [6, 6.07) is 0.908. The fourth-order valence-corrected chi connectivity index (χ4v) is 6.06. The summed E-state index contributed by atoms with van der Waals surface area (Å²) < 4.78 is 41.6. The molecule has 0 aromatic carbocycles. The molecule has 2 saturated heterocycles. The van der Waals surface area contributed by atoms with E-state index in [1.807, 2.05) is 6.08 Å². The number of rotatable bonds is 3. The largest absolute Gasteiger partial charge is 0.465 e. The molecule has 1 aromatic heterocycles. The Morgan fingerprint density at radius 1 is 1.03 bits per heavy atom. The Balaban J connectivity index is 0.000000211. The lowest BCUT2D eigenvalue weighted by atomic mass is 9.66. The second-order valence-electron chi connectivity index (χ2n) is 10.9. The molecule has 0 bridgehead atoms. The Morgan fingerprint density at radius 3 is 2.14 bits per heavy atom. The smallest absolute Gasteiger partial charge is 0.452 e. The van der Waals surface area contributed by atoms with Crippen molar-refractivity contribution in [3.63, 3.8) is 0 Å².